The highest BCUT2D eigenvalue weighted by Crippen LogP contribution is 2.24. The molecule has 2 nitrogen and oxygen atoms in total. The third-order valence-corrected chi connectivity index (χ3v) is 3.25. The second-order valence-corrected chi connectivity index (χ2v) is 4.33. The maximum atomic E-state index is 7.77. The average Bonchev–Trinajstić information content (AvgIpc) is 2.45. The number of rotatable bonds is 2. The van der Waals surface area contributed by atoms with Crippen molar-refractivity contribution in [2.75, 3.05) is 0 Å². The second kappa shape index (κ2) is 4.96. The zero-order valence-electron chi connectivity index (χ0n) is 7.87. The van der Waals surface area contributed by atoms with Crippen molar-refractivity contribution in [3.63, 3.8) is 0 Å². The van der Waals surface area contributed by atoms with Gasteiger partial charge in [-0.15, -0.1) is 23.6 Å². The highest BCUT2D eigenvalue weighted by atomic mass is 79.9. The molecule has 2 aromatic rings. The number of nitrogens with zero attached hydrogens (tertiary/aromatic N) is 1. The van der Waals surface area contributed by atoms with Gasteiger partial charge in [-0.2, -0.15) is 0 Å². The van der Waals surface area contributed by atoms with Crippen LogP contribution in [0, 0.1) is 5.41 Å². The van der Waals surface area contributed by atoms with Crippen LogP contribution in [0.3, 0.4) is 0 Å². The Morgan fingerprint density at radius 2 is 2.27 bits per heavy atom. The number of fused-ring (bicyclic) bond motifs is 1. The summed E-state index contributed by atoms with van der Waals surface area (Å²) in [6.07, 6.45) is 1.77. The Balaban J connectivity index is 0.00000112. The maximum absolute atomic E-state index is 7.77. The van der Waals surface area contributed by atoms with Gasteiger partial charge in [-0.3, -0.25) is 5.41 Å². The van der Waals surface area contributed by atoms with E-state index in [-0.39, 0.29) is 17.0 Å². The molecule has 2 rings (SSSR count). The van der Waals surface area contributed by atoms with Gasteiger partial charge in [0.05, 0.1) is 15.2 Å². The van der Waals surface area contributed by atoms with Gasteiger partial charge in [-0.1, -0.05) is 35.1 Å². The molecular formula is C10H10BrClN2S. The number of hydrogen-bond donors (Lipinski definition) is 1. The molecule has 0 atom stereocenters. The Morgan fingerprint density at radius 3 is 2.93 bits per heavy atom. The van der Waals surface area contributed by atoms with Crippen molar-refractivity contribution in [3.05, 3.63) is 40.7 Å². The van der Waals surface area contributed by atoms with Crippen LogP contribution < -0.4 is 4.80 Å². The monoisotopic (exact) mass is 304 g/mol. The highest BCUT2D eigenvalue weighted by Gasteiger charge is 2.06. The SMILES string of the molecule is Br.C=CCn1c(=N)sc2cccc(Cl)c21. The Morgan fingerprint density at radius 1 is 1.53 bits per heavy atom. The molecule has 0 saturated carbocycles. The number of aromatic nitrogens is 1. The molecule has 0 unspecified atom stereocenters. The molecule has 1 heterocycles. The Labute approximate surface area is 107 Å². The molecule has 0 radical (unpaired) electrons. The summed E-state index contributed by atoms with van der Waals surface area (Å²) in [7, 11) is 0. The van der Waals surface area contributed by atoms with E-state index in [0.29, 0.717) is 16.4 Å². The summed E-state index contributed by atoms with van der Waals surface area (Å²) < 4.78 is 2.90. The van der Waals surface area contributed by atoms with E-state index in [9.17, 15) is 0 Å². The van der Waals surface area contributed by atoms with Crippen LogP contribution in [-0.2, 0) is 6.54 Å². The van der Waals surface area contributed by atoms with Crippen LogP contribution in [0.1, 0.15) is 0 Å². The van der Waals surface area contributed by atoms with Crippen LogP contribution >= 0.6 is 39.9 Å². The first kappa shape index (κ1) is 12.5. The topological polar surface area (TPSA) is 28.8 Å². The van der Waals surface area contributed by atoms with E-state index in [1.807, 2.05) is 22.8 Å². The normalized spacial score (nSPS) is 9.93. The van der Waals surface area contributed by atoms with Crippen molar-refractivity contribution in [2.45, 2.75) is 6.54 Å². The molecule has 0 spiro atoms. The minimum absolute atomic E-state index is 0. The van der Waals surface area contributed by atoms with Gasteiger partial charge in [0.2, 0.25) is 0 Å². The van der Waals surface area contributed by atoms with Crippen LogP contribution in [-0.4, -0.2) is 4.57 Å². The minimum atomic E-state index is 0. The van der Waals surface area contributed by atoms with E-state index in [1.165, 1.54) is 11.3 Å². The van der Waals surface area contributed by atoms with Crippen molar-refractivity contribution >= 4 is 50.1 Å². The number of nitrogens with one attached hydrogen (secondary N) is 1. The maximum Gasteiger partial charge on any atom is 0.183 e. The van der Waals surface area contributed by atoms with Gasteiger partial charge in [0, 0.05) is 6.54 Å². The smallest absolute Gasteiger partial charge is 0.183 e. The molecule has 1 N–H and O–H groups in total. The van der Waals surface area contributed by atoms with Crippen LogP contribution in [0.5, 0.6) is 0 Å². The second-order valence-electron chi connectivity index (χ2n) is 2.89. The molecule has 0 aliphatic heterocycles. The lowest BCUT2D eigenvalue weighted by molar-refractivity contribution is 0.812. The third-order valence-electron chi connectivity index (χ3n) is 1.98. The zero-order valence-corrected chi connectivity index (χ0v) is 11.2. The average molecular weight is 306 g/mol. The lowest BCUT2D eigenvalue weighted by atomic mass is 10.3. The van der Waals surface area contributed by atoms with E-state index in [1.54, 1.807) is 6.08 Å². The van der Waals surface area contributed by atoms with Gasteiger partial charge in [-0.25, -0.2) is 0 Å². The Kier molecular flexibility index (Phi) is 4.13. The first-order valence-electron chi connectivity index (χ1n) is 4.17. The number of para-hydroxylation sites is 1. The minimum Gasteiger partial charge on any atom is -0.312 e. The van der Waals surface area contributed by atoms with Crippen molar-refractivity contribution < 1.29 is 0 Å². The number of allylic oxidation sites excluding steroid dienone is 1. The number of halogens is 2. The van der Waals surface area contributed by atoms with Crippen molar-refractivity contribution in [3.8, 4) is 0 Å². The molecule has 0 fully saturated rings. The van der Waals surface area contributed by atoms with Crippen LogP contribution in [0.4, 0.5) is 0 Å². The number of benzene rings is 1. The fourth-order valence-corrected chi connectivity index (χ4v) is 2.68. The van der Waals surface area contributed by atoms with Crippen LogP contribution in [0.2, 0.25) is 5.02 Å². The molecule has 80 valence electrons. The standard InChI is InChI=1S/C10H9ClN2S.BrH/c1-2-6-13-9-7(11)4-3-5-8(9)14-10(13)12;/h2-5,12H,1,6H2;1H. The summed E-state index contributed by atoms with van der Waals surface area (Å²) in [5.74, 6) is 0. The van der Waals surface area contributed by atoms with E-state index in [0.717, 1.165) is 10.2 Å². The van der Waals surface area contributed by atoms with Gasteiger partial charge in [0.1, 0.15) is 0 Å². The molecule has 0 bridgehead atoms. The quantitative estimate of drug-likeness (QED) is 0.822. The fourth-order valence-electron chi connectivity index (χ4n) is 1.40. The summed E-state index contributed by atoms with van der Waals surface area (Å²) >= 11 is 7.51. The van der Waals surface area contributed by atoms with E-state index >= 15 is 0 Å². The lowest BCUT2D eigenvalue weighted by Crippen LogP contribution is -2.11. The molecule has 15 heavy (non-hydrogen) atoms. The summed E-state index contributed by atoms with van der Waals surface area (Å²) in [4.78, 5) is 0.507. The first-order chi connectivity index (χ1) is 6.74. The lowest BCUT2D eigenvalue weighted by Gasteiger charge is -2.01. The van der Waals surface area contributed by atoms with Gasteiger partial charge < -0.3 is 4.57 Å². The number of thiazole rings is 1. The molecule has 5 heteroatoms. The van der Waals surface area contributed by atoms with Gasteiger partial charge in [0.25, 0.3) is 0 Å². The highest BCUT2D eigenvalue weighted by molar-refractivity contribution is 8.93. The van der Waals surface area contributed by atoms with E-state index in [4.69, 9.17) is 17.0 Å². The molecular weight excluding hydrogens is 296 g/mol. The Hall–Kier alpha value is -0.580. The van der Waals surface area contributed by atoms with E-state index in [2.05, 4.69) is 6.58 Å². The predicted octanol–water partition coefficient (Wildman–Crippen LogP) is 3.60. The fraction of sp³-hybridized carbons (Fsp3) is 0.100. The van der Waals surface area contributed by atoms with Crippen LogP contribution in [0.15, 0.2) is 30.9 Å². The molecule has 0 saturated heterocycles. The summed E-state index contributed by atoms with van der Waals surface area (Å²) in [5.41, 5.74) is 0.934. The van der Waals surface area contributed by atoms with Gasteiger partial charge in [0.15, 0.2) is 4.80 Å². The van der Waals surface area contributed by atoms with E-state index < -0.39 is 0 Å². The summed E-state index contributed by atoms with van der Waals surface area (Å²) in [5, 5.41) is 8.47. The van der Waals surface area contributed by atoms with Gasteiger partial charge in [-0.05, 0) is 12.1 Å². The molecule has 0 aliphatic carbocycles. The molecule has 1 aromatic carbocycles. The number of hydrogen-bond acceptors (Lipinski definition) is 2. The predicted molar refractivity (Wildman–Crippen MR) is 71.2 cm³/mol. The van der Waals surface area contributed by atoms with Crippen molar-refractivity contribution in [2.24, 2.45) is 0 Å². The largest absolute Gasteiger partial charge is 0.312 e. The zero-order chi connectivity index (χ0) is 10.1. The molecule has 0 amide bonds. The van der Waals surface area contributed by atoms with Crippen molar-refractivity contribution in [1.29, 1.82) is 5.41 Å². The summed E-state index contributed by atoms with van der Waals surface area (Å²) in [6, 6.07) is 5.72. The molecule has 0 aliphatic rings. The third kappa shape index (κ3) is 2.17. The van der Waals surface area contributed by atoms with Crippen molar-refractivity contribution in [1.82, 2.24) is 4.57 Å². The Bertz CT molecular complexity index is 544. The van der Waals surface area contributed by atoms with Crippen LogP contribution in [0.25, 0.3) is 10.2 Å². The first-order valence-corrected chi connectivity index (χ1v) is 5.37. The summed E-state index contributed by atoms with van der Waals surface area (Å²) in [6.45, 7) is 4.30. The van der Waals surface area contributed by atoms with Gasteiger partial charge >= 0.3 is 0 Å². The molecule has 1 aromatic heterocycles.